The lowest BCUT2D eigenvalue weighted by Crippen LogP contribution is -2.23. The third-order valence-corrected chi connectivity index (χ3v) is 3.52. The predicted octanol–water partition coefficient (Wildman–Crippen LogP) is 2.74. The first kappa shape index (κ1) is 20.9. The zero-order valence-corrected chi connectivity index (χ0v) is 15.7. The second kappa shape index (κ2) is 10.7. The van der Waals surface area contributed by atoms with Crippen molar-refractivity contribution in [3.05, 3.63) is 59.7 Å². The van der Waals surface area contributed by atoms with E-state index in [1.807, 2.05) is 6.07 Å². The molecule has 0 bridgehead atoms. The highest BCUT2D eigenvalue weighted by Gasteiger charge is 2.09. The first-order chi connectivity index (χ1) is 13.5. The Bertz CT molecular complexity index is 820. The summed E-state index contributed by atoms with van der Waals surface area (Å²) < 4.78 is 14.4. The van der Waals surface area contributed by atoms with Crippen molar-refractivity contribution in [1.29, 1.82) is 0 Å². The Morgan fingerprint density at radius 3 is 2.46 bits per heavy atom. The number of carbonyl (C=O) groups is 3. The van der Waals surface area contributed by atoms with E-state index in [0.29, 0.717) is 11.3 Å². The summed E-state index contributed by atoms with van der Waals surface area (Å²) in [5, 5.41) is 5.50. The zero-order valence-electron chi connectivity index (χ0n) is 15.7. The molecule has 0 aliphatic heterocycles. The number of hydrogen-bond acceptors (Lipinski definition) is 6. The molecule has 2 rings (SSSR count). The first-order valence-electron chi connectivity index (χ1n) is 8.62. The van der Waals surface area contributed by atoms with Gasteiger partial charge in [0.05, 0.1) is 6.61 Å². The summed E-state index contributed by atoms with van der Waals surface area (Å²) in [6.45, 7) is 2.15. The Kier molecular flexibility index (Phi) is 7.98. The van der Waals surface area contributed by atoms with E-state index in [1.54, 1.807) is 37.3 Å². The van der Waals surface area contributed by atoms with Gasteiger partial charge in [0.1, 0.15) is 12.4 Å². The quantitative estimate of drug-likeness (QED) is 0.534. The molecular weight excluding hydrogens is 364 g/mol. The molecule has 28 heavy (non-hydrogen) atoms. The molecule has 2 N–H and O–H groups in total. The van der Waals surface area contributed by atoms with Gasteiger partial charge in [0.2, 0.25) is 5.91 Å². The maximum atomic E-state index is 12.3. The molecule has 0 spiro atoms. The largest absolute Gasteiger partial charge is 0.513 e. The number of ether oxygens (including phenoxy) is 3. The summed E-state index contributed by atoms with van der Waals surface area (Å²) in [4.78, 5) is 35.1. The van der Waals surface area contributed by atoms with E-state index in [4.69, 9.17) is 9.47 Å². The van der Waals surface area contributed by atoms with Gasteiger partial charge in [0.15, 0.2) is 0 Å². The second-order valence-corrected chi connectivity index (χ2v) is 5.67. The summed E-state index contributed by atoms with van der Waals surface area (Å²) in [5.74, 6) is -0.250. The fourth-order valence-electron chi connectivity index (χ4n) is 2.29. The van der Waals surface area contributed by atoms with Gasteiger partial charge in [0, 0.05) is 24.9 Å². The van der Waals surface area contributed by atoms with Crippen molar-refractivity contribution in [2.75, 3.05) is 25.6 Å². The minimum absolute atomic E-state index is 0.0309. The zero-order chi connectivity index (χ0) is 20.4. The van der Waals surface area contributed by atoms with E-state index in [0.717, 1.165) is 5.56 Å². The van der Waals surface area contributed by atoms with Crippen LogP contribution in [-0.2, 0) is 20.8 Å². The van der Waals surface area contributed by atoms with Crippen LogP contribution >= 0.6 is 0 Å². The van der Waals surface area contributed by atoms with E-state index in [2.05, 4.69) is 15.4 Å². The highest BCUT2D eigenvalue weighted by atomic mass is 16.7. The van der Waals surface area contributed by atoms with E-state index < -0.39 is 6.16 Å². The molecule has 0 saturated heterocycles. The van der Waals surface area contributed by atoms with Crippen molar-refractivity contribution < 1.29 is 28.6 Å². The molecule has 0 fully saturated rings. The van der Waals surface area contributed by atoms with Gasteiger partial charge in [-0.2, -0.15) is 0 Å². The molecule has 8 heteroatoms. The van der Waals surface area contributed by atoms with Crippen LogP contribution in [0.15, 0.2) is 48.5 Å². The Morgan fingerprint density at radius 1 is 1.04 bits per heavy atom. The normalized spacial score (nSPS) is 10.1. The number of amides is 2. The van der Waals surface area contributed by atoms with E-state index >= 15 is 0 Å². The summed E-state index contributed by atoms with van der Waals surface area (Å²) in [6.07, 6.45) is -0.794. The lowest BCUT2D eigenvalue weighted by molar-refractivity contribution is -0.119. The summed E-state index contributed by atoms with van der Waals surface area (Å²) >= 11 is 0. The topological polar surface area (TPSA) is 103 Å². The van der Waals surface area contributed by atoms with Crippen molar-refractivity contribution in [1.82, 2.24) is 5.32 Å². The molecule has 0 aliphatic carbocycles. The van der Waals surface area contributed by atoms with Gasteiger partial charge in [-0.05, 0) is 48.9 Å². The molecule has 0 heterocycles. The molecule has 0 atom stereocenters. The number of nitrogens with one attached hydrogen (secondary N) is 2. The number of carbonyl (C=O) groups excluding carboxylic acids is 3. The van der Waals surface area contributed by atoms with Gasteiger partial charge in [-0.25, -0.2) is 4.79 Å². The van der Waals surface area contributed by atoms with Crippen LogP contribution in [0.3, 0.4) is 0 Å². The predicted molar refractivity (Wildman–Crippen MR) is 102 cm³/mol. The molecule has 0 unspecified atom stereocenters. The minimum atomic E-state index is -0.794. The fraction of sp³-hybridized carbons (Fsp3) is 0.250. The Morgan fingerprint density at radius 2 is 1.79 bits per heavy atom. The molecule has 2 amide bonds. The van der Waals surface area contributed by atoms with E-state index in [9.17, 15) is 14.4 Å². The third kappa shape index (κ3) is 6.73. The molecule has 2 aromatic rings. The maximum absolute atomic E-state index is 12.3. The average molecular weight is 386 g/mol. The van der Waals surface area contributed by atoms with Crippen LogP contribution in [0.4, 0.5) is 10.5 Å². The lowest BCUT2D eigenvalue weighted by Gasteiger charge is -2.09. The summed E-state index contributed by atoms with van der Waals surface area (Å²) in [6, 6.07) is 13.3. The summed E-state index contributed by atoms with van der Waals surface area (Å²) in [7, 11) is 1.45. The minimum Gasteiger partial charge on any atom is -0.434 e. The molecule has 148 valence electrons. The highest BCUT2D eigenvalue weighted by molar-refractivity contribution is 5.94. The number of anilines is 1. The number of hydrogen-bond donors (Lipinski definition) is 2. The van der Waals surface area contributed by atoms with Gasteiger partial charge in [-0.3, -0.25) is 9.59 Å². The number of rotatable bonds is 8. The number of methoxy groups -OCH3 is 1. The Balaban J connectivity index is 1.89. The van der Waals surface area contributed by atoms with Crippen LogP contribution in [0, 0.1) is 0 Å². The fourth-order valence-corrected chi connectivity index (χ4v) is 2.29. The van der Waals surface area contributed by atoms with Gasteiger partial charge in [-0.1, -0.05) is 12.1 Å². The van der Waals surface area contributed by atoms with Crippen molar-refractivity contribution in [2.24, 2.45) is 0 Å². The Labute approximate surface area is 162 Å². The van der Waals surface area contributed by atoms with Gasteiger partial charge < -0.3 is 24.8 Å². The van der Waals surface area contributed by atoms with Crippen molar-refractivity contribution in [2.45, 2.75) is 13.5 Å². The van der Waals surface area contributed by atoms with Crippen molar-refractivity contribution in [3.8, 4) is 5.75 Å². The monoisotopic (exact) mass is 386 g/mol. The molecule has 0 radical (unpaired) electrons. The van der Waals surface area contributed by atoms with Crippen LogP contribution < -0.4 is 15.4 Å². The van der Waals surface area contributed by atoms with Crippen LogP contribution in [-0.4, -0.2) is 38.3 Å². The van der Waals surface area contributed by atoms with E-state index in [1.165, 1.54) is 19.2 Å². The molecule has 0 aromatic heterocycles. The number of benzene rings is 2. The van der Waals surface area contributed by atoms with Crippen molar-refractivity contribution >= 4 is 23.7 Å². The van der Waals surface area contributed by atoms with Gasteiger partial charge in [0.25, 0.3) is 5.91 Å². The molecular formula is C20H22N2O6. The van der Waals surface area contributed by atoms with Crippen LogP contribution in [0.2, 0.25) is 0 Å². The van der Waals surface area contributed by atoms with Crippen LogP contribution in [0.5, 0.6) is 5.75 Å². The lowest BCUT2D eigenvalue weighted by atomic mass is 10.1. The second-order valence-electron chi connectivity index (χ2n) is 5.67. The third-order valence-electron chi connectivity index (χ3n) is 3.52. The highest BCUT2D eigenvalue weighted by Crippen LogP contribution is 2.14. The summed E-state index contributed by atoms with van der Waals surface area (Å²) in [5.41, 5.74) is 1.86. The molecule has 0 saturated carbocycles. The Hall–Kier alpha value is -3.39. The maximum Gasteiger partial charge on any atom is 0.513 e. The van der Waals surface area contributed by atoms with Crippen molar-refractivity contribution in [3.63, 3.8) is 0 Å². The van der Waals surface area contributed by atoms with Gasteiger partial charge >= 0.3 is 6.16 Å². The van der Waals surface area contributed by atoms with Crippen LogP contribution in [0.25, 0.3) is 0 Å². The molecule has 0 aliphatic rings. The SMILES string of the molecule is CCOC(=O)Oc1ccc(C(=O)NCc2cccc(NC(=O)COC)c2)cc1. The standard InChI is InChI=1S/C20H22N2O6/c1-3-27-20(25)28-17-9-7-15(8-10-17)19(24)21-12-14-5-4-6-16(11-14)22-18(23)13-26-2/h4-11H,3,12-13H2,1-2H3,(H,21,24)(H,22,23). The average Bonchev–Trinajstić information content (AvgIpc) is 2.67. The first-order valence-corrected chi connectivity index (χ1v) is 8.62. The molecule has 8 nitrogen and oxygen atoms in total. The molecule has 2 aromatic carbocycles. The van der Waals surface area contributed by atoms with Crippen LogP contribution in [0.1, 0.15) is 22.8 Å². The smallest absolute Gasteiger partial charge is 0.434 e. The van der Waals surface area contributed by atoms with E-state index in [-0.39, 0.29) is 37.3 Å². The van der Waals surface area contributed by atoms with Gasteiger partial charge in [-0.15, -0.1) is 0 Å².